The molecule has 0 saturated heterocycles. The molecular formula is C13H17N3O3S. The van der Waals surface area contributed by atoms with E-state index < -0.39 is 0 Å². The van der Waals surface area contributed by atoms with Gasteiger partial charge in [0.25, 0.3) is 0 Å². The molecule has 2 rings (SSSR count). The van der Waals surface area contributed by atoms with Crippen molar-refractivity contribution in [3.8, 4) is 28.5 Å². The summed E-state index contributed by atoms with van der Waals surface area (Å²) < 4.78 is 16.3. The highest BCUT2D eigenvalue weighted by atomic mass is 32.1. The van der Waals surface area contributed by atoms with Crippen molar-refractivity contribution in [3.63, 3.8) is 0 Å². The van der Waals surface area contributed by atoms with Crippen LogP contribution in [0.25, 0.3) is 11.3 Å². The average Bonchev–Trinajstić information content (AvgIpc) is 2.90. The fraction of sp³-hybridized carbons (Fsp3) is 0.308. The molecule has 0 radical (unpaired) electrons. The Kier molecular flexibility index (Phi) is 4.31. The van der Waals surface area contributed by atoms with Crippen LogP contribution in [0.1, 0.15) is 5.56 Å². The van der Waals surface area contributed by atoms with Gasteiger partial charge in [-0.3, -0.25) is 0 Å². The number of nitrogens with zero attached hydrogens (tertiary/aromatic N) is 1. The first-order valence-corrected chi connectivity index (χ1v) is 6.77. The van der Waals surface area contributed by atoms with Crippen molar-refractivity contribution in [1.82, 2.24) is 4.98 Å². The van der Waals surface area contributed by atoms with Gasteiger partial charge in [-0.05, 0) is 6.07 Å². The molecule has 0 unspecified atom stereocenters. The fourth-order valence-corrected chi connectivity index (χ4v) is 2.60. The van der Waals surface area contributed by atoms with Crippen LogP contribution in [-0.2, 0) is 6.54 Å². The Morgan fingerprint density at radius 2 is 1.85 bits per heavy atom. The highest BCUT2D eigenvalue weighted by Gasteiger charge is 2.22. The van der Waals surface area contributed by atoms with E-state index in [1.54, 1.807) is 21.3 Å². The number of hydrogen-bond donors (Lipinski definition) is 2. The lowest BCUT2D eigenvalue weighted by atomic mass is 10.0. The number of aromatic nitrogens is 1. The molecule has 1 heterocycles. The van der Waals surface area contributed by atoms with Gasteiger partial charge in [0, 0.05) is 17.5 Å². The summed E-state index contributed by atoms with van der Waals surface area (Å²) in [4.78, 5) is 4.28. The Morgan fingerprint density at radius 3 is 2.30 bits per heavy atom. The number of thiazole rings is 1. The lowest BCUT2D eigenvalue weighted by Gasteiger charge is -2.18. The van der Waals surface area contributed by atoms with Crippen LogP contribution in [0.15, 0.2) is 11.4 Å². The second kappa shape index (κ2) is 5.98. The van der Waals surface area contributed by atoms with Gasteiger partial charge in [-0.15, -0.1) is 11.3 Å². The average molecular weight is 295 g/mol. The Morgan fingerprint density at radius 1 is 1.15 bits per heavy atom. The number of nitrogens with two attached hydrogens (primary N) is 2. The van der Waals surface area contributed by atoms with Gasteiger partial charge in [-0.1, -0.05) is 0 Å². The molecule has 2 aromatic rings. The third-order valence-electron chi connectivity index (χ3n) is 2.90. The Bertz CT molecular complexity index is 613. The Balaban J connectivity index is 2.76. The molecule has 0 fully saturated rings. The first-order chi connectivity index (χ1) is 9.65. The summed E-state index contributed by atoms with van der Waals surface area (Å²) in [5.41, 5.74) is 13.6. The standard InChI is InChI=1S/C13H17N3O3S/c1-17-9-4-7(5-14)11(18-2)12(19-3)10(9)8-6-20-13(15)16-8/h4,6H,5,14H2,1-3H3,(H2,15,16). The molecule has 0 bridgehead atoms. The predicted molar refractivity (Wildman–Crippen MR) is 79.5 cm³/mol. The second-order valence-corrected chi connectivity index (χ2v) is 4.84. The van der Waals surface area contributed by atoms with Gasteiger partial charge in [0.2, 0.25) is 0 Å². The van der Waals surface area contributed by atoms with Crippen LogP contribution in [0, 0.1) is 0 Å². The molecule has 1 aromatic carbocycles. The van der Waals surface area contributed by atoms with Gasteiger partial charge >= 0.3 is 0 Å². The number of nitrogen functional groups attached to an aromatic ring is 1. The quantitative estimate of drug-likeness (QED) is 0.875. The van der Waals surface area contributed by atoms with Gasteiger partial charge in [0.05, 0.1) is 32.6 Å². The van der Waals surface area contributed by atoms with E-state index in [9.17, 15) is 0 Å². The molecule has 6 nitrogen and oxygen atoms in total. The van der Waals surface area contributed by atoms with Crippen LogP contribution in [0.3, 0.4) is 0 Å². The highest BCUT2D eigenvalue weighted by molar-refractivity contribution is 7.13. The van der Waals surface area contributed by atoms with E-state index in [-0.39, 0.29) is 0 Å². The number of hydrogen-bond acceptors (Lipinski definition) is 7. The monoisotopic (exact) mass is 295 g/mol. The van der Waals surface area contributed by atoms with Gasteiger partial charge in [-0.2, -0.15) is 0 Å². The molecule has 0 saturated carbocycles. The van der Waals surface area contributed by atoms with E-state index in [1.807, 2.05) is 11.4 Å². The largest absolute Gasteiger partial charge is 0.496 e. The first kappa shape index (κ1) is 14.4. The van der Waals surface area contributed by atoms with Gasteiger partial charge in [0.15, 0.2) is 16.6 Å². The van der Waals surface area contributed by atoms with Crippen LogP contribution >= 0.6 is 11.3 Å². The van der Waals surface area contributed by atoms with Crippen LogP contribution in [0.2, 0.25) is 0 Å². The lowest BCUT2D eigenvalue weighted by Crippen LogP contribution is -2.04. The molecule has 0 aliphatic rings. The zero-order valence-electron chi connectivity index (χ0n) is 11.6. The van der Waals surface area contributed by atoms with E-state index in [4.69, 9.17) is 25.7 Å². The molecule has 7 heteroatoms. The summed E-state index contributed by atoms with van der Waals surface area (Å²) in [5.74, 6) is 1.74. The number of methoxy groups -OCH3 is 3. The third kappa shape index (κ3) is 2.37. The van der Waals surface area contributed by atoms with E-state index in [1.165, 1.54) is 11.3 Å². The normalized spacial score (nSPS) is 10.4. The zero-order chi connectivity index (χ0) is 14.7. The third-order valence-corrected chi connectivity index (χ3v) is 3.58. The molecule has 0 aliphatic heterocycles. The van der Waals surface area contributed by atoms with Gasteiger partial charge in [0.1, 0.15) is 5.75 Å². The maximum Gasteiger partial charge on any atom is 0.180 e. The van der Waals surface area contributed by atoms with Crippen molar-refractivity contribution < 1.29 is 14.2 Å². The Hall–Kier alpha value is -1.99. The smallest absolute Gasteiger partial charge is 0.180 e. The van der Waals surface area contributed by atoms with Crippen LogP contribution < -0.4 is 25.7 Å². The summed E-state index contributed by atoms with van der Waals surface area (Å²) in [7, 11) is 4.72. The topological polar surface area (TPSA) is 92.6 Å². The minimum Gasteiger partial charge on any atom is -0.496 e. The minimum atomic E-state index is 0.315. The summed E-state index contributed by atoms with van der Waals surface area (Å²) in [6, 6.07) is 1.83. The van der Waals surface area contributed by atoms with Crippen molar-refractivity contribution in [2.24, 2.45) is 5.73 Å². The van der Waals surface area contributed by atoms with E-state index in [2.05, 4.69) is 4.98 Å². The summed E-state index contributed by atoms with van der Waals surface area (Å²) >= 11 is 1.35. The molecule has 1 aromatic heterocycles. The molecule has 108 valence electrons. The van der Waals surface area contributed by atoms with E-state index >= 15 is 0 Å². The predicted octanol–water partition coefficient (Wildman–Crippen LogP) is 1.88. The van der Waals surface area contributed by atoms with E-state index in [0.29, 0.717) is 40.2 Å². The molecule has 0 spiro atoms. The molecule has 20 heavy (non-hydrogen) atoms. The Labute approximate surface area is 121 Å². The summed E-state index contributed by atoms with van der Waals surface area (Å²) in [6.45, 7) is 0.315. The number of anilines is 1. The van der Waals surface area contributed by atoms with Gasteiger partial charge < -0.3 is 25.7 Å². The second-order valence-electron chi connectivity index (χ2n) is 3.95. The summed E-state index contributed by atoms with van der Waals surface area (Å²) in [6.07, 6.45) is 0. The number of rotatable bonds is 5. The van der Waals surface area contributed by atoms with Crippen LogP contribution in [-0.4, -0.2) is 26.3 Å². The van der Waals surface area contributed by atoms with Crippen LogP contribution in [0.4, 0.5) is 5.13 Å². The van der Waals surface area contributed by atoms with Crippen molar-refractivity contribution in [3.05, 3.63) is 17.0 Å². The molecule has 4 N–H and O–H groups in total. The summed E-state index contributed by atoms with van der Waals surface area (Å²) in [5, 5.41) is 2.32. The van der Waals surface area contributed by atoms with E-state index in [0.717, 1.165) is 5.56 Å². The molecular weight excluding hydrogens is 278 g/mol. The van der Waals surface area contributed by atoms with Crippen molar-refractivity contribution in [2.45, 2.75) is 6.54 Å². The van der Waals surface area contributed by atoms with Crippen molar-refractivity contribution in [2.75, 3.05) is 27.1 Å². The molecule has 0 atom stereocenters. The lowest BCUT2D eigenvalue weighted by molar-refractivity contribution is 0.347. The van der Waals surface area contributed by atoms with Gasteiger partial charge in [-0.25, -0.2) is 4.98 Å². The highest BCUT2D eigenvalue weighted by Crippen LogP contribution is 2.46. The number of ether oxygens (including phenoxy) is 3. The minimum absolute atomic E-state index is 0.315. The maximum atomic E-state index is 5.74. The SMILES string of the molecule is COc1cc(CN)c(OC)c(OC)c1-c1csc(N)n1. The van der Waals surface area contributed by atoms with Crippen LogP contribution in [0.5, 0.6) is 17.2 Å². The maximum absolute atomic E-state index is 5.74. The number of benzene rings is 1. The zero-order valence-corrected chi connectivity index (χ0v) is 12.4. The van der Waals surface area contributed by atoms with Crippen molar-refractivity contribution in [1.29, 1.82) is 0 Å². The molecule has 0 amide bonds. The first-order valence-electron chi connectivity index (χ1n) is 5.89. The molecule has 0 aliphatic carbocycles. The fourth-order valence-electron chi connectivity index (χ4n) is 2.04. The van der Waals surface area contributed by atoms with Crippen molar-refractivity contribution >= 4 is 16.5 Å².